The van der Waals surface area contributed by atoms with Crippen molar-refractivity contribution < 1.29 is 19.4 Å². The van der Waals surface area contributed by atoms with E-state index in [0.29, 0.717) is 13.1 Å². The van der Waals surface area contributed by atoms with Gasteiger partial charge >= 0.3 is 5.97 Å². The van der Waals surface area contributed by atoms with Crippen LogP contribution in [0.5, 0.6) is 5.75 Å². The van der Waals surface area contributed by atoms with E-state index in [-0.39, 0.29) is 18.5 Å². The Morgan fingerprint density at radius 2 is 2.00 bits per heavy atom. The molecule has 1 N–H and O–H groups in total. The second-order valence-electron chi connectivity index (χ2n) is 8.12. The molecule has 152 valence electrons. The topological polar surface area (TPSA) is 73.3 Å². The summed E-state index contributed by atoms with van der Waals surface area (Å²) in [7, 11) is 0. The molecule has 3 aliphatic rings. The van der Waals surface area contributed by atoms with E-state index < -0.39 is 12.0 Å². The van der Waals surface area contributed by atoms with Crippen LogP contribution in [0.2, 0.25) is 0 Å². The van der Waals surface area contributed by atoms with E-state index in [2.05, 4.69) is 23.1 Å². The second-order valence-corrected chi connectivity index (χ2v) is 8.12. The van der Waals surface area contributed by atoms with E-state index in [1.807, 2.05) is 9.80 Å². The number of aliphatic carboxylic acids is 1. The van der Waals surface area contributed by atoms with Crippen molar-refractivity contribution in [3.8, 4) is 5.75 Å². The molecule has 7 nitrogen and oxygen atoms in total. The van der Waals surface area contributed by atoms with Crippen molar-refractivity contribution in [3.63, 3.8) is 0 Å². The van der Waals surface area contributed by atoms with Crippen LogP contribution in [0.1, 0.15) is 30.9 Å². The fourth-order valence-corrected chi connectivity index (χ4v) is 4.14. The summed E-state index contributed by atoms with van der Waals surface area (Å²) in [5.74, 6) is 0.202. The minimum atomic E-state index is -0.857. The Kier molecular flexibility index (Phi) is 5.55. The maximum Gasteiger partial charge on any atom is 0.320 e. The first-order valence-electron chi connectivity index (χ1n) is 10.2. The maximum atomic E-state index is 12.7. The van der Waals surface area contributed by atoms with Crippen molar-refractivity contribution in [2.75, 3.05) is 39.3 Å². The summed E-state index contributed by atoms with van der Waals surface area (Å²) in [6.07, 6.45) is 2.96. The van der Waals surface area contributed by atoms with Gasteiger partial charge < -0.3 is 14.7 Å². The SMILES string of the molecule is CC(C(=O)O)N(CC(=O)N1CCN(Cc2ccc3c(c2)CCO3)CC1)C1CC1. The smallest absolute Gasteiger partial charge is 0.320 e. The van der Waals surface area contributed by atoms with E-state index in [9.17, 15) is 14.7 Å². The minimum absolute atomic E-state index is 0.0503. The molecule has 2 heterocycles. The predicted molar refractivity (Wildman–Crippen MR) is 104 cm³/mol. The van der Waals surface area contributed by atoms with Crippen LogP contribution in [0.25, 0.3) is 0 Å². The number of hydrogen-bond acceptors (Lipinski definition) is 5. The molecule has 2 fully saturated rings. The lowest BCUT2D eigenvalue weighted by Gasteiger charge is -2.36. The summed E-state index contributed by atoms with van der Waals surface area (Å²) in [5.41, 5.74) is 2.58. The van der Waals surface area contributed by atoms with Crippen LogP contribution in [0.4, 0.5) is 0 Å². The highest BCUT2D eigenvalue weighted by Gasteiger charge is 2.37. The molecule has 28 heavy (non-hydrogen) atoms. The molecule has 0 aromatic heterocycles. The van der Waals surface area contributed by atoms with Crippen LogP contribution in [0.15, 0.2) is 18.2 Å². The highest BCUT2D eigenvalue weighted by molar-refractivity contribution is 5.80. The first-order chi connectivity index (χ1) is 13.5. The van der Waals surface area contributed by atoms with Crippen LogP contribution in [0.3, 0.4) is 0 Å². The molecule has 0 bridgehead atoms. The van der Waals surface area contributed by atoms with Gasteiger partial charge in [-0.15, -0.1) is 0 Å². The number of carbonyl (C=O) groups is 2. The Morgan fingerprint density at radius 3 is 2.68 bits per heavy atom. The number of piperazine rings is 1. The van der Waals surface area contributed by atoms with Crippen LogP contribution < -0.4 is 4.74 Å². The zero-order valence-corrected chi connectivity index (χ0v) is 16.5. The summed E-state index contributed by atoms with van der Waals surface area (Å²) < 4.78 is 5.57. The fraction of sp³-hybridized carbons (Fsp3) is 0.619. The first kappa shape index (κ1) is 19.2. The zero-order chi connectivity index (χ0) is 19.7. The molecule has 1 saturated heterocycles. The van der Waals surface area contributed by atoms with Crippen molar-refractivity contribution >= 4 is 11.9 Å². The molecule has 7 heteroatoms. The Balaban J connectivity index is 1.27. The van der Waals surface area contributed by atoms with Gasteiger partial charge in [0.15, 0.2) is 0 Å². The minimum Gasteiger partial charge on any atom is -0.493 e. The average Bonchev–Trinajstić information content (AvgIpc) is 3.43. The van der Waals surface area contributed by atoms with Gasteiger partial charge in [0, 0.05) is 45.2 Å². The number of hydrogen-bond donors (Lipinski definition) is 1. The molecule has 1 aliphatic carbocycles. The largest absolute Gasteiger partial charge is 0.493 e. The third-order valence-corrected chi connectivity index (χ3v) is 6.07. The summed E-state index contributed by atoms with van der Waals surface area (Å²) in [6.45, 7) is 6.64. The number of fused-ring (bicyclic) bond motifs is 1. The van der Waals surface area contributed by atoms with Crippen molar-refractivity contribution in [3.05, 3.63) is 29.3 Å². The quantitative estimate of drug-likeness (QED) is 0.758. The highest BCUT2D eigenvalue weighted by Crippen LogP contribution is 2.29. The molecule has 0 radical (unpaired) electrons. The Bertz CT molecular complexity index is 741. The predicted octanol–water partition coefficient (Wildman–Crippen LogP) is 1.20. The van der Waals surface area contributed by atoms with Crippen molar-refractivity contribution in [1.29, 1.82) is 0 Å². The summed E-state index contributed by atoms with van der Waals surface area (Å²) in [6, 6.07) is 6.07. The fourth-order valence-electron chi connectivity index (χ4n) is 4.14. The van der Waals surface area contributed by atoms with E-state index in [1.165, 1.54) is 11.1 Å². The van der Waals surface area contributed by atoms with Gasteiger partial charge in [-0.3, -0.25) is 19.4 Å². The summed E-state index contributed by atoms with van der Waals surface area (Å²) in [5, 5.41) is 9.30. The number of carbonyl (C=O) groups excluding carboxylic acids is 1. The summed E-state index contributed by atoms with van der Waals surface area (Å²) in [4.78, 5) is 30.2. The highest BCUT2D eigenvalue weighted by atomic mass is 16.5. The van der Waals surface area contributed by atoms with Gasteiger partial charge in [-0.1, -0.05) is 12.1 Å². The number of ether oxygens (including phenoxy) is 1. The second kappa shape index (κ2) is 8.09. The monoisotopic (exact) mass is 387 g/mol. The first-order valence-corrected chi connectivity index (χ1v) is 10.2. The summed E-state index contributed by atoms with van der Waals surface area (Å²) >= 11 is 0. The van der Waals surface area contributed by atoms with Crippen LogP contribution in [-0.2, 0) is 22.6 Å². The van der Waals surface area contributed by atoms with Crippen molar-refractivity contribution in [2.24, 2.45) is 0 Å². The van der Waals surface area contributed by atoms with Gasteiger partial charge in [-0.25, -0.2) is 0 Å². The lowest BCUT2D eigenvalue weighted by Crippen LogP contribution is -2.53. The number of nitrogens with zero attached hydrogens (tertiary/aromatic N) is 3. The number of benzene rings is 1. The zero-order valence-electron chi connectivity index (χ0n) is 16.5. The number of carboxylic acid groups (broad SMARTS) is 1. The van der Waals surface area contributed by atoms with E-state index in [4.69, 9.17) is 4.74 Å². The molecule has 1 unspecified atom stereocenters. The van der Waals surface area contributed by atoms with Gasteiger partial charge in [0.05, 0.1) is 13.2 Å². The molecular formula is C21H29N3O4. The normalized spacial score (nSPS) is 20.7. The molecule has 2 aliphatic heterocycles. The standard InChI is InChI=1S/C21H29N3O4/c1-15(21(26)27)24(18-3-4-18)14-20(25)23-9-7-22(8-10-23)13-16-2-5-19-17(12-16)6-11-28-19/h2,5,12,15,18H,3-4,6-11,13-14H2,1H3,(H,26,27). The Hall–Kier alpha value is -2.12. The van der Waals surface area contributed by atoms with Gasteiger partial charge in [0.1, 0.15) is 11.8 Å². The Labute approximate surface area is 165 Å². The van der Waals surface area contributed by atoms with E-state index in [1.54, 1.807) is 6.92 Å². The molecule has 1 saturated carbocycles. The Morgan fingerprint density at radius 1 is 1.25 bits per heavy atom. The third kappa shape index (κ3) is 4.31. The molecule has 1 aromatic carbocycles. The van der Waals surface area contributed by atoms with Crippen LogP contribution >= 0.6 is 0 Å². The molecular weight excluding hydrogens is 358 g/mol. The van der Waals surface area contributed by atoms with Crippen LogP contribution in [-0.4, -0.2) is 83.1 Å². The van der Waals surface area contributed by atoms with E-state index in [0.717, 1.165) is 51.3 Å². The lowest BCUT2D eigenvalue weighted by molar-refractivity contribution is -0.144. The van der Waals surface area contributed by atoms with Gasteiger partial charge in [0.25, 0.3) is 0 Å². The molecule has 1 amide bonds. The van der Waals surface area contributed by atoms with Crippen molar-refractivity contribution in [1.82, 2.24) is 14.7 Å². The number of rotatable bonds is 7. The molecule has 0 spiro atoms. The lowest BCUT2D eigenvalue weighted by atomic mass is 10.1. The van der Waals surface area contributed by atoms with Crippen LogP contribution in [0, 0.1) is 0 Å². The van der Waals surface area contributed by atoms with E-state index >= 15 is 0 Å². The number of carboxylic acids is 1. The maximum absolute atomic E-state index is 12.7. The molecule has 4 rings (SSSR count). The number of amides is 1. The van der Waals surface area contributed by atoms with Gasteiger partial charge in [0.2, 0.25) is 5.91 Å². The molecule has 1 atom stereocenters. The van der Waals surface area contributed by atoms with Gasteiger partial charge in [-0.05, 0) is 37.0 Å². The third-order valence-electron chi connectivity index (χ3n) is 6.07. The average molecular weight is 387 g/mol. The van der Waals surface area contributed by atoms with Crippen molar-refractivity contribution in [2.45, 2.75) is 44.8 Å². The van der Waals surface area contributed by atoms with Gasteiger partial charge in [-0.2, -0.15) is 0 Å². The molecule has 1 aromatic rings.